The lowest BCUT2D eigenvalue weighted by Crippen LogP contribution is -2.15. The molecule has 0 aliphatic rings. The van der Waals surface area contributed by atoms with Gasteiger partial charge in [0, 0.05) is 13.7 Å². The van der Waals surface area contributed by atoms with E-state index >= 15 is 0 Å². The quantitative estimate of drug-likeness (QED) is 0.374. The summed E-state index contributed by atoms with van der Waals surface area (Å²) in [6.07, 6.45) is 5.47. The van der Waals surface area contributed by atoms with Crippen LogP contribution in [0.3, 0.4) is 0 Å². The van der Waals surface area contributed by atoms with Gasteiger partial charge in [0.1, 0.15) is 0 Å². The third-order valence-electron chi connectivity index (χ3n) is 1.63. The molecule has 0 saturated heterocycles. The normalized spacial score (nSPS) is 14.1. The van der Waals surface area contributed by atoms with E-state index in [9.17, 15) is 0 Å². The van der Waals surface area contributed by atoms with Crippen LogP contribution in [-0.2, 0) is 4.74 Å². The molecule has 76 valence electrons. The van der Waals surface area contributed by atoms with Crippen LogP contribution in [0.1, 0.15) is 13.3 Å². The second-order valence-electron chi connectivity index (χ2n) is 4.43. The zero-order chi connectivity index (χ0) is 10.3. The molecule has 0 bridgehead atoms. The van der Waals surface area contributed by atoms with Crippen LogP contribution in [0.5, 0.6) is 0 Å². The van der Waals surface area contributed by atoms with E-state index in [-0.39, 0.29) is 0 Å². The maximum Gasteiger partial charge on any atom is 0.0687 e. The van der Waals surface area contributed by atoms with Gasteiger partial charge < -0.3 is 4.74 Å². The highest BCUT2D eigenvalue weighted by Gasteiger charge is 2.05. The lowest BCUT2D eigenvalue weighted by molar-refractivity contribution is 0.204. The Bertz CT molecular complexity index is 187. The van der Waals surface area contributed by atoms with Gasteiger partial charge in [0.25, 0.3) is 0 Å². The van der Waals surface area contributed by atoms with Crippen molar-refractivity contribution in [3.8, 4) is 0 Å². The molecule has 1 nitrogen and oxygen atoms in total. The Morgan fingerprint density at radius 3 is 2.38 bits per heavy atom. The number of methoxy groups -OCH3 is 1. The summed E-state index contributed by atoms with van der Waals surface area (Å²) in [5, 5.41) is 0. The molecule has 0 fully saturated rings. The lowest BCUT2D eigenvalue weighted by Gasteiger charge is -2.07. The molecule has 0 heterocycles. The SMILES string of the molecule is COCC/C=C(C)/C=C/[Si](C)(C)C. The largest absolute Gasteiger partial charge is 0.384 e. The van der Waals surface area contributed by atoms with Crippen molar-refractivity contribution in [3.63, 3.8) is 0 Å². The Morgan fingerprint density at radius 1 is 1.31 bits per heavy atom. The van der Waals surface area contributed by atoms with Crippen molar-refractivity contribution >= 4 is 8.07 Å². The third kappa shape index (κ3) is 9.57. The van der Waals surface area contributed by atoms with Crippen molar-refractivity contribution < 1.29 is 4.74 Å². The molecule has 0 aromatic carbocycles. The Labute approximate surface area is 83.5 Å². The van der Waals surface area contributed by atoms with Crippen LogP contribution in [0, 0.1) is 0 Å². The zero-order valence-corrected chi connectivity index (χ0v) is 10.6. The van der Waals surface area contributed by atoms with Crippen LogP contribution < -0.4 is 0 Å². The molecule has 0 radical (unpaired) electrons. The van der Waals surface area contributed by atoms with Gasteiger partial charge in [-0.15, -0.1) is 0 Å². The first kappa shape index (κ1) is 12.7. The van der Waals surface area contributed by atoms with Crippen LogP contribution in [0.4, 0.5) is 0 Å². The van der Waals surface area contributed by atoms with E-state index in [4.69, 9.17) is 4.74 Å². The number of ether oxygens (including phenoxy) is 1. The Hall–Kier alpha value is -0.343. The fourth-order valence-electron chi connectivity index (χ4n) is 0.854. The molecule has 0 rings (SSSR count). The fourth-order valence-corrected chi connectivity index (χ4v) is 1.62. The van der Waals surface area contributed by atoms with E-state index < -0.39 is 8.07 Å². The van der Waals surface area contributed by atoms with Crippen molar-refractivity contribution in [2.24, 2.45) is 0 Å². The maximum atomic E-state index is 4.98. The Kier molecular flexibility index (Phi) is 6.00. The highest BCUT2D eigenvalue weighted by Crippen LogP contribution is 2.05. The Balaban J connectivity index is 3.91. The molecular formula is C11H22OSi. The van der Waals surface area contributed by atoms with Crippen LogP contribution >= 0.6 is 0 Å². The number of allylic oxidation sites excluding steroid dienone is 2. The predicted octanol–water partition coefficient (Wildman–Crippen LogP) is 3.40. The van der Waals surface area contributed by atoms with Gasteiger partial charge in [-0.25, -0.2) is 0 Å². The van der Waals surface area contributed by atoms with E-state index in [0.717, 1.165) is 13.0 Å². The smallest absolute Gasteiger partial charge is 0.0687 e. The van der Waals surface area contributed by atoms with Crippen LogP contribution in [0.2, 0.25) is 19.6 Å². The molecule has 13 heavy (non-hydrogen) atoms. The second kappa shape index (κ2) is 6.16. The molecule has 0 aromatic heterocycles. The standard InChI is InChI=1S/C11H22OSi/c1-11(7-6-9-12-2)8-10-13(3,4)5/h7-8,10H,6,9H2,1-5H3/b10-8+,11-7+. The Morgan fingerprint density at radius 2 is 1.92 bits per heavy atom. The summed E-state index contributed by atoms with van der Waals surface area (Å²) < 4.78 is 4.98. The van der Waals surface area contributed by atoms with Crippen molar-refractivity contribution in [1.29, 1.82) is 0 Å². The molecule has 0 aliphatic carbocycles. The van der Waals surface area contributed by atoms with Gasteiger partial charge in [0.15, 0.2) is 0 Å². The van der Waals surface area contributed by atoms with E-state index in [1.54, 1.807) is 7.11 Å². The lowest BCUT2D eigenvalue weighted by atomic mass is 10.2. The summed E-state index contributed by atoms with van der Waals surface area (Å²) in [7, 11) is 0.717. The number of hydrogen-bond donors (Lipinski definition) is 0. The fraction of sp³-hybridized carbons (Fsp3) is 0.636. The molecule has 0 unspecified atom stereocenters. The molecule has 0 spiro atoms. The summed E-state index contributed by atoms with van der Waals surface area (Å²) in [6, 6.07) is 0. The van der Waals surface area contributed by atoms with Gasteiger partial charge in [0.05, 0.1) is 8.07 Å². The average molecular weight is 198 g/mol. The van der Waals surface area contributed by atoms with Crippen LogP contribution in [0.25, 0.3) is 0 Å². The minimum atomic E-state index is -1.02. The summed E-state index contributed by atoms with van der Waals surface area (Å²) in [5.74, 6) is 0. The highest BCUT2D eigenvalue weighted by atomic mass is 28.3. The summed E-state index contributed by atoms with van der Waals surface area (Å²) in [5.41, 5.74) is 3.71. The van der Waals surface area contributed by atoms with Crippen LogP contribution in [0.15, 0.2) is 23.4 Å². The first-order valence-electron chi connectivity index (χ1n) is 4.80. The minimum absolute atomic E-state index is 0.818. The minimum Gasteiger partial charge on any atom is -0.384 e. The topological polar surface area (TPSA) is 9.23 Å². The maximum absolute atomic E-state index is 4.98. The number of rotatable bonds is 5. The van der Waals surface area contributed by atoms with E-state index in [0.29, 0.717) is 0 Å². The van der Waals surface area contributed by atoms with E-state index in [1.807, 2.05) is 0 Å². The predicted molar refractivity (Wildman–Crippen MR) is 62.7 cm³/mol. The van der Waals surface area contributed by atoms with E-state index in [2.05, 4.69) is 44.4 Å². The first-order valence-corrected chi connectivity index (χ1v) is 8.38. The van der Waals surface area contributed by atoms with E-state index in [1.165, 1.54) is 5.57 Å². The molecule has 0 N–H and O–H groups in total. The van der Waals surface area contributed by atoms with Gasteiger partial charge >= 0.3 is 0 Å². The molecular weight excluding hydrogens is 176 g/mol. The monoisotopic (exact) mass is 198 g/mol. The van der Waals surface area contributed by atoms with Crippen LogP contribution in [-0.4, -0.2) is 21.8 Å². The molecule has 0 aliphatic heterocycles. The van der Waals surface area contributed by atoms with Gasteiger partial charge in [-0.1, -0.05) is 43.1 Å². The van der Waals surface area contributed by atoms with Gasteiger partial charge in [-0.05, 0) is 13.3 Å². The molecule has 0 atom stereocenters. The molecule has 0 aromatic rings. The number of hydrogen-bond acceptors (Lipinski definition) is 1. The van der Waals surface area contributed by atoms with Gasteiger partial charge in [-0.2, -0.15) is 0 Å². The summed E-state index contributed by atoms with van der Waals surface area (Å²) >= 11 is 0. The van der Waals surface area contributed by atoms with Crippen molar-refractivity contribution in [3.05, 3.63) is 23.4 Å². The van der Waals surface area contributed by atoms with Gasteiger partial charge in [-0.3, -0.25) is 0 Å². The van der Waals surface area contributed by atoms with Crippen molar-refractivity contribution in [1.82, 2.24) is 0 Å². The highest BCUT2D eigenvalue weighted by molar-refractivity contribution is 6.81. The zero-order valence-electron chi connectivity index (χ0n) is 9.55. The van der Waals surface area contributed by atoms with Crippen molar-refractivity contribution in [2.45, 2.75) is 33.0 Å². The second-order valence-corrected chi connectivity index (χ2v) is 9.49. The summed E-state index contributed by atoms with van der Waals surface area (Å²) in [6.45, 7) is 9.98. The summed E-state index contributed by atoms with van der Waals surface area (Å²) in [4.78, 5) is 0. The first-order chi connectivity index (χ1) is 5.95. The molecule has 0 saturated carbocycles. The third-order valence-corrected chi connectivity index (χ3v) is 2.80. The molecule has 2 heteroatoms. The van der Waals surface area contributed by atoms with Gasteiger partial charge in [0.2, 0.25) is 0 Å². The average Bonchev–Trinajstić information content (AvgIpc) is 2.00. The molecule has 0 amide bonds. The van der Waals surface area contributed by atoms with Crippen molar-refractivity contribution in [2.75, 3.05) is 13.7 Å².